The molecule has 0 radical (unpaired) electrons. The minimum atomic E-state index is -0.525. The summed E-state index contributed by atoms with van der Waals surface area (Å²) in [4.78, 5) is 16.2. The molecule has 3 rings (SSSR count). The van der Waals surface area contributed by atoms with Crippen LogP contribution in [0.15, 0.2) is 30.5 Å². The Labute approximate surface area is 152 Å². The number of fused-ring (bicyclic) bond motifs is 1. The number of aromatic nitrogens is 1. The Morgan fingerprint density at radius 1 is 1.38 bits per heavy atom. The maximum atomic E-state index is 14.5. The number of nitrogens with one attached hydrogen (secondary N) is 1. The molecule has 138 valence electrons. The van der Waals surface area contributed by atoms with Crippen molar-refractivity contribution in [2.24, 2.45) is 11.7 Å². The zero-order valence-electron chi connectivity index (χ0n) is 15.3. The monoisotopic (exact) mass is 357 g/mol. The molecule has 2 heterocycles. The van der Waals surface area contributed by atoms with Crippen LogP contribution < -0.4 is 15.8 Å². The van der Waals surface area contributed by atoms with Gasteiger partial charge in [-0.05, 0) is 48.6 Å². The van der Waals surface area contributed by atoms with Crippen molar-refractivity contribution in [1.29, 1.82) is 0 Å². The molecule has 0 spiro atoms. The maximum absolute atomic E-state index is 14.5. The van der Waals surface area contributed by atoms with Gasteiger partial charge in [0, 0.05) is 11.7 Å². The number of hydrogen-bond donors (Lipinski definition) is 2. The fraction of sp³-hybridized carbons (Fsp3) is 0.400. The van der Waals surface area contributed by atoms with Crippen LogP contribution in [0.4, 0.5) is 4.39 Å². The van der Waals surface area contributed by atoms with E-state index in [1.54, 1.807) is 24.4 Å². The number of benzene rings is 1. The van der Waals surface area contributed by atoms with E-state index in [1.807, 2.05) is 6.92 Å². The Hall–Kier alpha value is -2.47. The van der Waals surface area contributed by atoms with E-state index in [0.717, 1.165) is 6.42 Å². The van der Waals surface area contributed by atoms with E-state index in [0.29, 0.717) is 34.8 Å². The number of rotatable bonds is 6. The molecule has 6 heteroatoms. The molecule has 1 unspecified atom stereocenters. The average molecular weight is 357 g/mol. The van der Waals surface area contributed by atoms with Crippen LogP contribution in [0.5, 0.6) is 5.75 Å². The molecule has 26 heavy (non-hydrogen) atoms. The second kappa shape index (κ2) is 7.03. The number of amides is 1. The van der Waals surface area contributed by atoms with Gasteiger partial charge in [-0.25, -0.2) is 4.39 Å². The maximum Gasteiger partial charge on any atom is 0.254 e. The van der Waals surface area contributed by atoms with Crippen molar-refractivity contribution in [3.8, 4) is 16.9 Å². The highest BCUT2D eigenvalue weighted by Gasteiger charge is 2.25. The summed E-state index contributed by atoms with van der Waals surface area (Å²) in [7, 11) is 0. The number of pyridine rings is 1. The van der Waals surface area contributed by atoms with Crippen LogP contribution in [0, 0.1) is 11.7 Å². The van der Waals surface area contributed by atoms with Gasteiger partial charge in [-0.1, -0.05) is 19.9 Å². The van der Waals surface area contributed by atoms with E-state index in [4.69, 9.17) is 10.5 Å². The molecule has 1 atom stereocenters. The third-order valence-electron chi connectivity index (χ3n) is 4.35. The normalized spacial score (nSPS) is 15.5. The summed E-state index contributed by atoms with van der Waals surface area (Å²) < 4.78 is 20.2. The summed E-state index contributed by atoms with van der Waals surface area (Å²) in [5.74, 6) is -0.0756. The fourth-order valence-corrected chi connectivity index (χ4v) is 3.41. The van der Waals surface area contributed by atoms with Crippen LogP contribution in [0.1, 0.15) is 43.2 Å². The summed E-state index contributed by atoms with van der Waals surface area (Å²) in [6.45, 7) is 6.71. The predicted octanol–water partition coefficient (Wildman–Crippen LogP) is 3.27. The lowest BCUT2D eigenvalue weighted by atomic mass is 9.93. The van der Waals surface area contributed by atoms with Crippen LogP contribution in [0.3, 0.4) is 0 Å². The molecule has 1 aliphatic heterocycles. The van der Waals surface area contributed by atoms with Crippen molar-refractivity contribution in [1.82, 2.24) is 10.3 Å². The zero-order chi connectivity index (χ0) is 18.9. The third-order valence-corrected chi connectivity index (χ3v) is 4.35. The van der Waals surface area contributed by atoms with Gasteiger partial charge in [-0.2, -0.15) is 0 Å². The largest absolute Gasteiger partial charge is 0.489 e. The molecule has 1 aromatic heterocycles. The number of halogens is 1. The van der Waals surface area contributed by atoms with Crippen molar-refractivity contribution in [3.05, 3.63) is 47.5 Å². The van der Waals surface area contributed by atoms with Gasteiger partial charge in [0.1, 0.15) is 6.61 Å². The Morgan fingerprint density at radius 2 is 2.15 bits per heavy atom. The molecule has 0 bridgehead atoms. The molecule has 3 N–H and O–H groups in total. The smallest absolute Gasteiger partial charge is 0.254 e. The molecule has 1 amide bonds. The van der Waals surface area contributed by atoms with E-state index in [9.17, 15) is 9.18 Å². The highest BCUT2D eigenvalue weighted by molar-refractivity contribution is 6.03. The van der Waals surface area contributed by atoms with Gasteiger partial charge in [0.2, 0.25) is 0 Å². The number of carbonyl (C=O) groups is 1. The number of hydrogen-bond acceptors (Lipinski definition) is 4. The summed E-state index contributed by atoms with van der Waals surface area (Å²) in [5, 5.41) is 2.74. The Kier molecular flexibility index (Phi) is 4.96. The quantitative estimate of drug-likeness (QED) is 0.832. The molecule has 0 saturated heterocycles. The van der Waals surface area contributed by atoms with Gasteiger partial charge in [-0.15, -0.1) is 0 Å². The van der Waals surface area contributed by atoms with E-state index in [-0.39, 0.29) is 18.3 Å². The molecule has 0 fully saturated rings. The second-order valence-corrected chi connectivity index (χ2v) is 7.55. The van der Waals surface area contributed by atoms with Crippen molar-refractivity contribution in [2.75, 3.05) is 6.61 Å². The molecular formula is C20H24FN3O2. The van der Waals surface area contributed by atoms with E-state index in [1.165, 1.54) is 6.07 Å². The predicted molar refractivity (Wildman–Crippen MR) is 98.3 cm³/mol. The Morgan fingerprint density at radius 3 is 2.85 bits per heavy atom. The van der Waals surface area contributed by atoms with E-state index in [2.05, 4.69) is 24.1 Å². The van der Waals surface area contributed by atoms with Gasteiger partial charge in [0.05, 0.1) is 17.8 Å². The first kappa shape index (κ1) is 18.3. The Balaban J connectivity index is 1.81. The topological polar surface area (TPSA) is 77.2 Å². The van der Waals surface area contributed by atoms with E-state index >= 15 is 0 Å². The second-order valence-electron chi connectivity index (χ2n) is 7.55. The van der Waals surface area contributed by atoms with Crippen molar-refractivity contribution in [3.63, 3.8) is 0 Å². The van der Waals surface area contributed by atoms with Crippen molar-refractivity contribution >= 4 is 5.91 Å². The SMILES string of the molecule is CC(C)CC(C)(N)COc1ccc(-c2ccnc3c2C(=O)NC3)cc1F. The van der Waals surface area contributed by atoms with Crippen LogP contribution >= 0.6 is 0 Å². The molecular weight excluding hydrogens is 333 g/mol. The number of carbonyl (C=O) groups excluding carboxylic acids is 1. The van der Waals surface area contributed by atoms with Gasteiger partial charge >= 0.3 is 0 Å². The number of ether oxygens (including phenoxy) is 1. The van der Waals surface area contributed by atoms with Gasteiger partial charge < -0.3 is 15.8 Å². The van der Waals surface area contributed by atoms with Crippen LogP contribution in [-0.4, -0.2) is 23.0 Å². The van der Waals surface area contributed by atoms with Gasteiger partial charge in [0.25, 0.3) is 5.91 Å². The highest BCUT2D eigenvalue weighted by atomic mass is 19.1. The van der Waals surface area contributed by atoms with Crippen molar-refractivity contribution < 1.29 is 13.9 Å². The number of nitrogens with zero attached hydrogens (tertiary/aromatic N) is 1. The van der Waals surface area contributed by atoms with Crippen LogP contribution in [0.25, 0.3) is 11.1 Å². The zero-order valence-corrected chi connectivity index (χ0v) is 15.3. The molecule has 1 aliphatic rings. The first-order valence-corrected chi connectivity index (χ1v) is 8.74. The molecule has 5 nitrogen and oxygen atoms in total. The summed E-state index contributed by atoms with van der Waals surface area (Å²) in [5.41, 5.74) is 8.16. The first-order valence-electron chi connectivity index (χ1n) is 8.74. The van der Waals surface area contributed by atoms with Crippen molar-refractivity contribution in [2.45, 2.75) is 39.3 Å². The van der Waals surface area contributed by atoms with Crippen LogP contribution in [0.2, 0.25) is 0 Å². The van der Waals surface area contributed by atoms with Gasteiger partial charge in [-0.3, -0.25) is 9.78 Å². The molecule has 0 saturated carbocycles. The molecule has 0 aliphatic carbocycles. The minimum absolute atomic E-state index is 0.157. The molecule has 2 aromatic rings. The first-order chi connectivity index (χ1) is 12.3. The standard InChI is InChI=1S/C20H24FN3O2/c1-12(2)9-20(3,22)11-26-17-5-4-13(8-15(17)21)14-6-7-23-16-10-24-19(25)18(14)16/h4-8,12H,9-11,22H2,1-3H3,(H,24,25). The highest BCUT2D eigenvalue weighted by Crippen LogP contribution is 2.31. The third kappa shape index (κ3) is 3.85. The van der Waals surface area contributed by atoms with Gasteiger partial charge in [0.15, 0.2) is 11.6 Å². The summed E-state index contributed by atoms with van der Waals surface area (Å²) in [6, 6.07) is 6.43. The van der Waals surface area contributed by atoms with Crippen LogP contribution in [-0.2, 0) is 6.54 Å². The number of nitrogens with two attached hydrogens (primary N) is 1. The lowest BCUT2D eigenvalue weighted by Gasteiger charge is -2.26. The molecule has 1 aromatic carbocycles. The summed E-state index contributed by atoms with van der Waals surface area (Å²) >= 11 is 0. The van der Waals surface area contributed by atoms with E-state index < -0.39 is 11.4 Å². The summed E-state index contributed by atoms with van der Waals surface area (Å²) in [6.07, 6.45) is 2.41. The Bertz CT molecular complexity index is 834. The lowest BCUT2D eigenvalue weighted by molar-refractivity contribution is 0.0966. The average Bonchev–Trinajstić information content (AvgIpc) is 2.94. The lowest BCUT2D eigenvalue weighted by Crippen LogP contribution is -2.43. The minimum Gasteiger partial charge on any atom is -0.489 e. The fourth-order valence-electron chi connectivity index (χ4n) is 3.41.